The summed E-state index contributed by atoms with van der Waals surface area (Å²) in [5, 5.41) is 15.4. The van der Waals surface area contributed by atoms with Gasteiger partial charge in [-0.1, -0.05) is 115 Å². The van der Waals surface area contributed by atoms with Crippen LogP contribution in [0.25, 0.3) is 104 Å². The number of fused-ring (bicyclic) bond motifs is 3. The van der Waals surface area contributed by atoms with E-state index in [0.29, 0.717) is 0 Å². The SMILES string of the molecule is c1ccc(-n2c(-c3ccc(-c4cc5ccc6cccc7c8cccc9ccc%10cccc(c(c4)c5c67)c%10c98)cn3)nc3ccccc32)cc1. The van der Waals surface area contributed by atoms with E-state index < -0.39 is 0 Å². The zero-order valence-corrected chi connectivity index (χ0v) is 26.4. The predicted molar refractivity (Wildman–Crippen MR) is 206 cm³/mol. The molecule has 9 aromatic carbocycles. The van der Waals surface area contributed by atoms with Crippen LogP contribution in [0.4, 0.5) is 0 Å². The number of benzene rings is 8. The maximum Gasteiger partial charge on any atom is 0.164 e. The summed E-state index contributed by atoms with van der Waals surface area (Å²) in [4.78, 5) is 10.1. The van der Waals surface area contributed by atoms with Crippen LogP contribution in [0.5, 0.6) is 0 Å². The van der Waals surface area contributed by atoms with Crippen molar-refractivity contribution in [2.24, 2.45) is 0 Å². The maximum absolute atomic E-state index is 5.05. The highest BCUT2D eigenvalue weighted by molar-refractivity contribution is 6.37. The molecule has 0 spiro atoms. The average Bonchev–Trinajstić information content (AvgIpc) is 3.56. The van der Waals surface area contributed by atoms with Gasteiger partial charge in [-0.25, -0.2) is 4.98 Å². The Morgan fingerprint density at radius 2 is 1.00 bits per heavy atom. The fourth-order valence-corrected chi connectivity index (χ4v) is 8.18. The first-order valence-corrected chi connectivity index (χ1v) is 16.7. The lowest BCUT2D eigenvalue weighted by atomic mass is 9.86. The molecule has 0 amide bonds. The molecular weight excluding hydrogens is 595 g/mol. The van der Waals surface area contributed by atoms with Gasteiger partial charge in [-0.2, -0.15) is 0 Å². The van der Waals surface area contributed by atoms with Crippen LogP contribution in [0.3, 0.4) is 0 Å². The van der Waals surface area contributed by atoms with Crippen LogP contribution in [0.1, 0.15) is 0 Å². The molecule has 11 rings (SSSR count). The second kappa shape index (κ2) is 9.96. The predicted octanol–water partition coefficient (Wildman–Crippen LogP) is 12.1. The van der Waals surface area contributed by atoms with Crippen molar-refractivity contribution >= 4 is 75.7 Å². The zero-order valence-electron chi connectivity index (χ0n) is 26.4. The standard InChI is InChI=1S/C46H27N3/c1-2-12-34(13-3-1)49-41-18-5-4-17-39(41)48-46(49)40-24-23-32(27-47-40)33-25-31-22-21-30-10-7-15-36-35-14-6-9-28-19-20-29-11-8-16-37(44(29)42(28)35)38(26-33)45(31)43(30)36/h1-27H. The summed E-state index contributed by atoms with van der Waals surface area (Å²) in [6.45, 7) is 0. The molecule has 0 unspecified atom stereocenters. The lowest BCUT2D eigenvalue weighted by Crippen LogP contribution is -1.98. The fourth-order valence-electron chi connectivity index (χ4n) is 8.18. The summed E-state index contributed by atoms with van der Waals surface area (Å²) in [5.74, 6) is 0.831. The zero-order chi connectivity index (χ0) is 32.1. The van der Waals surface area contributed by atoms with Gasteiger partial charge in [-0.3, -0.25) is 9.55 Å². The van der Waals surface area contributed by atoms with Crippen molar-refractivity contribution < 1.29 is 0 Å². The third-order valence-electron chi connectivity index (χ3n) is 10.3. The second-order valence-corrected chi connectivity index (χ2v) is 13.0. The molecule has 0 aliphatic carbocycles. The monoisotopic (exact) mass is 621 g/mol. The van der Waals surface area contributed by atoms with Gasteiger partial charge in [0.15, 0.2) is 5.82 Å². The molecular formula is C46H27N3. The first kappa shape index (κ1) is 26.5. The Balaban J connectivity index is 1.19. The van der Waals surface area contributed by atoms with Crippen LogP contribution < -0.4 is 0 Å². The number of pyridine rings is 1. The minimum atomic E-state index is 0.831. The third kappa shape index (κ3) is 3.78. The van der Waals surface area contributed by atoms with E-state index in [0.717, 1.165) is 39.4 Å². The van der Waals surface area contributed by atoms with E-state index in [9.17, 15) is 0 Å². The number of nitrogens with zero attached hydrogens (tertiary/aromatic N) is 3. The molecule has 11 aromatic rings. The van der Waals surface area contributed by atoms with Crippen LogP contribution in [0, 0.1) is 0 Å². The van der Waals surface area contributed by atoms with Crippen molar-refractivity contribution in [1.29, 1.82) is 0 Å². The quantitative estimate of drug-likeness (QED) is 0.184. The van der Waals surface area contributed by atoms with Gasteiger partial charge in [0.2, 0.25) is 0 Å². The Kier molecular flexibility index (Phi) is 5.38. The van der Waals surface area contributed by atoms with Crippen molar-refractivity contribution in [2.45, 2.75) is 0 Å². The Labute approximate surface area is 281 Å². The van der Waals surface area contributed by atoms with Crippen molar-refractivity contribution in [3.63, 3.8) is 0 Å². The molecule has 3 nitrogen and oxygen atoms in total. The highest BCUT2D eigenvalue weighted by Gasteiger charge is 2.18. The molecule has 0 saturated heterocycles. The topological polar surface area (TPSA) is 30.7 Å². The molecule has 2 aromatic heterocycles. The smallest absolute Gasteiger partial charge is 0.164 e. The van der Waals surface area contributed by atoms with E-state index in [1.807, 2.05) is 18.3 Å². The minimum Gasteiger partial charge on any atom is -0.291 e. The van der Waals surface area contributed by atoms with Crippen LogP contribution in [0.15, 0.2) is 164 Å². The van der Waals surface area contributed by atoms with Crippen molar-refractivity contribution in [3.8, 4) is 28.3 Å². The first-order valence-electron chi connectivity index (χ1n) is 16.7. The highest BCUT2D eigenvalue weighted by atomic mass is 15.1. The van der Waals surface area contributed by atoms with E-state index in [4.69, 9.17) is 9.97 Å². The molecule has 226 valence electrons. The van der Waals surface area contributed by atoms with Crippen molar-refractivity contribution in [2.75, 3.05) is 0 Å². The molecule has 0 saturated carbocycles. The Morgan fingerprint density at radius 3 is 1.65 bits per heavy atom. The molecule has 0 N–H and O–H groups in total. The molecule has 3 heteroatoms. The number of rotatable bonds is 3. The molecule has 0 aliphatic rings. The summed E-state index contributed by atoms with van der Waals surface area (Å²) < 4.78 is 2.20. The summed E-state index contributed by atoms with van der Waals surface area (Å²) in [7, 11) is 0. The normalized spacial score (nSPS) is 12.1. The number of hydrogen-bond acceptors (Lipinski definition) is 2. The van der Waals surface area contributed by atoms with Gasteiger partial charge in [0, 0.05) is 17.4 Å². The van der Waals surface area contributed by atoms with Gasteiger partial charge >= 0.3 is 0 Å². The first-order chi connectivity index (χ1) is 24.3. The molecule has 0 bridgehead atoms. The second-order valence-electron chi connectivity index (χ2n) is 13.0. The van der Waals surface area contributed by atoms with Gasteiger partial charge in [0.25, 0.3) is 0 Å². The number of hydrogen-bond donors (Lipinski definition) is 0. The Bertz CT molecular complexity index is 3080. The van der Waals surface area contributed by atoms with Gasteiger partial charge in [0.1, 0.15) is 5.69 Å². The number of imidazole rings is 1. The van der Waals surface area contributed by atoms with Crippen LogP contribution in [0.2, 0.25) is 0 Å². The van der Waals surface area contributed by atoms with Gasteiger partial charge in [-0.05, 0) is 113 Å². The molecule has 0 aliphatic heterocycles. The Hall–Kier alpha value is -6.58. The van der Waals surface area contributed by atoms with E-state index in [1.54, 1.807) is 0 Å². The van der Waals surface area contributed by atoms with E-state index >= 15 is 0 Å². The summed E-state index contributed by atoms with van der Waals surface area (Å²) in [5.41, 5.74) is 6.13. The van der Waals surface area contributed by atoms with Gasteiger partial charge in [-0.15, -0.1) is 0 Å². The number of para-hydroxylation sites is 3. The van der Waals surface area contributed by atoms with E-state index in [-0.39, 0.29) is 0 Å². The van der Waals surface area contributed by atoms with Crippen LogP contribution in [-0.4, -0.2) is 14.5 Å². The third-order valence-corrected chi connectivity index (χ3v) is 10.3. The van der Waals surface area contributed by atoms with E-state index in [1.165, 1.54) is 64.6 Å². The van der Waals surface area contributed by atoms with Crippen molar-refractivity contribution in [1.82, 2.24) is 14.5 Å². The van der Waals surface area contributed by atoms with Gasteiger partial charge < -0.3 is 0 Å². The largest absolute Gasteiger partial charge is 0.291 e. The summed E-state index contributed by atoms with van der Waals surface area (Å²) >= 11 is 0. The molecule has 0 atom stereocenters. The highest BCUT2D eigenvalue weighted by Crippen LogP contribution is 2.44. The van der Waals surface area contributed by atoms with E-state index in [2.05, 4.69) is 150 Å². The van der Waals surface area contributed by atoms with Crippen LogP contribution >= 0.6 is 0 Å². The average molecular weight is 622 g/mol. The lowest BCUT2D eigenvalue weighted by molar-refractivity contribution is 1.08. The fraction of sp³-hybridized carbons (Fsp3) is 0. The molecule has 49 heavy (non-hydrogen) atoms. The molecule has 0 radical (unpaired) electrons. The summed E-state index contributed by atoms with van der Waals surface area (Å²) in [6, 6.07) is 57.0. The van der Waals surface area contributed by atoms with Crippen molar-refractivity contribution in [3.05, 3.63) is 164 Å². The lowest BCUT2D eigenvalue weighted by Gasteiger charge is -2.17. The van der Waals surface area contributed by atoms with Gasteiger partial charge in [0.05, 0.1) is 11.0 Å². The summed E-state index contributed by atoms with van der Waals surface area (Å²) in [6.07, 6.45) is 2.00. The minimum absolute atomic E-state index is 0.831. The maximum atomic E-state index is 5.05. The molecule has 0 fully saturated rings. The Morgan fingerprint density at radius 1 is 0.408 bits per heavy atom. The molecule has 2 heterocycles. The van der Waals surface area contributed by atoms with Crippen LogP contribution in [-0.2, 0) is 0 Å². The number of aromatic nitrogens is 3.